The van der Waals surface area contributed by atoms with Gasteiger partial charge in [-0.3, -0.25) is 4.79 Å². The number of carbonyl (C=O) groups is 1. The van der Waals surface area contributed by atoms with Gasteiger partial charge in [0.05, 0.1) is 0 Å². The molecule has 0 spiro atoms. The molecule has 17 heavy (non-hydrogen) atoms. The van der Waals surface area contributed by atoms with Gasteiger partial charge in [0.15, 0.2) is 5.78 Å². The Morgan fingerprint density at radius 2 is 2.00 bits per heavy atom. The van der Waals surface area contributed by atoms with E-state index in [4.69, 9.17) is 0 Å². The van der Waals surface area contributed by atoms with Gasteiger partial charge in [-0.1, -0.05) is 37.5 Å². The second kappa shape index (κ2) is 4.80. The third kappa shape index (κ3) is 2.38. The quantitative estimate of drug-likeness (QED) is 0.616. The third-order valence-corrected chi connectivity index (χ3v) is 4.81. The van der Waals surface area contributed by atoms with E-state index < -0.39 is 0 Å². The summed E-state index contributed by atoms with van der Waals surface area (Å²) < 4.78 is 0. The summed E-state index contributed by atoms with van der Waals surface area (Å²) >= 11 is 0. The topological polar surface area (TPSA) is 17.1 Å². The lowest BCUT2D eigenvalue weighted by Gasteiger charge is -2.29. The minimum atomic E-state index is 0.388. The minimum Gasteiger partial charge on any atom is -0.295 e. The monoisotopic (exact) mass is 232 g/mol. The van der Waals surface area contributed by atoms with E-state index in [2.05, 4.69) is 20.4 Å². The maximum absolute atomic E-state index is 11.9. The molecule has 1 heteroatoms. The highest BCUT2D eigenvalue weighted by molar-refractivity contribution is 5.98. The Kier molecular flexibility index (Phi) is 3.56. The van der Waals surface area contributed by atoms with Gasteiger partial charge in [0.25, 0.3) is 0 Å². The lowest BCUT2D eigenvalue weighted by molar-refractivity contribution is -0.115. The second-order valence-electron chi connectivity index (χ2n) is 6.04. The molecule has 2 aliphatic rings. The molecule has 0 bridgehead atoms. The fraction of sp³-hybridized carbons (Fsp3) is 0.688. The standard InChI is InChI=1S/C16H24O/c1-10(2)13-7-5-6-11(3)14-9-16(17)12(4)15(14)8-13/h11,13-14H,1,5-9H2,2-4H3. The predicted molar refractivity (Wildman–Crippen MR) is 71.8 cm³/mol. The summed E-state index contributed by atoms with van der Waals surface area (Å²) in [5, 5.41) is 0. The first-order valence-corrected chi connectivity index (χ1v) is 6.89. The Morgan fingerprint density at radius 1 is 1.29 bits per heavy atom. The average Bonchev–Trinajstić information content (AvgIpc) is 2.52. The number of allylic oxidation sites excluding steroid dienone is 3. The van der Waals surface area contributed by atoms with Crippen molar-refractivity contribution in [1.82, 2.24) is 0 Å². The molecule has 0 aliphatic heterocycles. The van der Waals surface area contributed by atoms with Gasteiger partial charge < -0.3 is 0 Å². The first-order valence-electron chi connectivity index (χ1n) is 6.89. The molecule has 0 aromatic carbocycles. The van der Waals surface area contributed by atoms with Crippen LogP contribution in [-0.2, 0) is 4.79 Å². The molecule has 0 aromatic rings. The maximum atomic E-state index is 11.9. The van der Waals surface area contributed by atoms with Gasteiger partial charge in [-0.05, 0) is 50.0 Å². The van der Waals surface area contributed by atoms with Gasteiger partial charge in [0.2, 0.25) is 0 Å². The minimum absolute atomic E-state index is 0.388. The van der Waals surface area contributed by atoms with Gasteiger partial charge in [-0.25, -0.2) is 0 Å². The number of Topliss-reactive ketones (excluding diaryl/α,β-unsaturated/α-hetero) is 1. The van der Waals surface area contributed by atoms with Crippen LogP contribution in [0.4, 0.5) is 0 Å². The van der Waals surface area contributed by atoms with E-state index in [1.165, 1.54) is 30.4 Å². The molecule has 0 N–H and O–H groups in total. The summed E-state index contributed by atoms with van der Waals surface area (Å²) in [4.78, 5) is 11.9. The van der Waals surface area contributed by atoms with Crippen molar-refractivity contribution in [3.05, 3.63) is 23.3 Å². The summed E-state index contributed by atoms with van der Waals surface area (Å²) in [6.45, 7) is 10.6. The number of carbonyl (C=O) groups excluding carboxylic acids is 1. The smallest absolute Gasteiger partial charge is 0.159 e. The summed E-state index contributed by atoms with van der Waals surface area (Å²) in [5.41, 5.74) is 3.81. The van der Waals surface area contributed by atoms with Gasteiger partial charge in [-0.2, -0.15) is 0 Å². The van der Waals surface area contributed by atoms with E-state index >= 15 is 0 Å². The van der Waals surface area contributed by atoms with Crippen LogP contribution in [-0.4, -0.2) is 5.78 Å². The van der Waals surface area contributed by atoms with E-state index in [9.17, 15) is 4.79 Å². The van der Waals surface area contributed by atoms with E-state index in [0.29, 0.717) is 23.5 Å². The van der Waals surface area contributed by atoms with Crippen molar-refractivity contribution in [2.24, 2.45) is 17.8 Å². The molecular formula is C16H24O. The first-order chi connectivity index (χ1) is 8.00. The Labute approximate surface area is 105 Å². The van der Waals surface area contributed by atoms with Crippen LogP contribution in [0.5, 0.6) is 0 Å². The largest absolute Gasteiger partial charge is 0.295 e. The summed E-state index contributed by atoms with van der Waals surface area (Å²) in [7, 11) is 0. The van der Waals surface area contributed by atoms with E-state index in [-0.39, 0.29) is 0 Å². The molecule has 0 radical (unpaired) electrons. The molecule has 1 fully saturated rings. The van der Waals surface area contributed by atoms with Crippen LogP contribution in [0.15, 0.2) is 23.3 Å². The number of hydrogen-bond acceptors (Lipinski definition) is 1. The van der Waals surface area contributed by atoms with Gasteiger partial charge >= 0.3 is 0 Å². The van der Waals surface area contributed by atoms with Gasteiger partial charge in [-0.15, -0.1) is 0 Å². The molecule has 1 saturated carbocycles. The Morgan fingerprint density at radius 3 is 2.65 bits per heavy atom. The van der Waals surface area contributed by atoms with E-state index in [1.54, 1.807) is 0 Å². The molecule has 94 valence electrons. The molecule has 0 amide bonds. The van der Waals surface area contributed by atoms with Crippen molar-refractivity contribution < 1.29 is 4.79 Å². The van der Waals surface area contributed by atoms with E-state index in [0.717, 1.165) is 18.4 Å². The molecule has 0 aromatic heterocycles. The Balaban J connectivity index is 2.28. The van der Waals surface area contributed by atoms with Crippen LogP contribution in [0, 0.1) is 17.8 Å². The van der Waals surface area contributed by atoms with Gasteiger partial charge in [0.1, 0.15) is 0 Å². The zero-order valence-corrected chi connectivity index (χ0v) is 11.4. The predicted octanol–water partition coefficient (Wildman–Crippen LogP) is 4.29. The van der Waals surface area contributed by atoms with Crippen LogP contribution in [0.1, 0.15) is 52.9 Å². The molecule has 3 unspecified atom stereocenters. The van der Waals surface area contributed by atoms with Crippen LogP contribution >= 0.6 is 0 Å². The highest BCUT2D eigenvalue weighted by atomic mass is 16.1. The number of ketones is 1. The maximum Gasteiger partial charge on any atom is 0.159 e. The molecule has 1 nitrogen and oxygen atoms in total. The molecule has 2 aliphatic carbocycles. The van der Waals surface area contributed by atoms with Crippen LogP contribution in [0.3, 0.4) is 0 Å². The zero-order chi connectivity index (χ0) is 12.6. The first kappa shape index (κ1) is 12.6. The highest BCUT2D eigenvalue weighted by Gasteiger charge is 2.35. The van der Waals surface area contributed by atoms with Crippen molar-refractivity contribution in [1.29, 1.82) is 0 Å². The highest BCUT2D eigenvalue weighted by Crippen LogP contribution is 2.43. The summed E-state index contributed by atoms with van der Waals surface area (Å²) in [5.74, 6) is 2.20. The van der Waals surface area contributed by atoms with E-state index in [1.807, 2.05) is 6.92 Å². The fourth-order valence-electron chi connectivity index (χ4n) is 3.46. The van der Waals surface area contributed by atoms with Crippen molar-refractivity contribution in [3.8, 4) is 0 Å². The van der Waals surface area contributed by atoms with Crippen LogP contribution < -0.4 is 0 Å². The SMILES string of the molecule is C=C(C)C1CCCC(C)C2CC(=O)C(C)=C2C1. The molecule has 2 rings (SSSR count). The van der Waals surface area contributed by atoms with Crippen LogP contribution in [0.25, 0.3) is 0 Å². The van der Waals surface area contributed by atoms with Crippen molar-refractivity contribution in [2.75, 3.05) is 0 Å². The average molecular weight is 232 g/mol. The summed E-state index contributed by atoms with van der Waals surface area (Å²) in [6.07, 6.45) is 5.65. The van der Waals surface area contributed by atoms with Crippen molar-refractivity contribution in [2.45, 2.75) is 52.9 Å². The zero-order valence-electron chi connectivity index (χ0n) is 11.4. The lowest BCUT2D eigenvalue weighted by Crippen LogP contribution is -2.18. The molecule has 3 atom stereocenters. The fourth-order valence-corrected chi connectivity index (χ4v) is 3.46. The Bertz CT molecular complexity index is 375. The van der Waals surface area contributed by atoms with Crippen molar-refractivity contribution in [3.63, 3.8) is 0 Å². The normalized spacial score (nSPS) is 34.3. The third-order valence-electron chi connectivity index (χ3n) is 4.81. The Hall–Kier alpha value is -0.850. The number of hydrogen-bond donors (Lipinski definition) is 0. The van der Waals surface area contributed by atoms with Crippen molar-refractivity contribution >= 4 is 5.78 Å². The number of rotatable bonds is 1. The van der Waals surface area contributed by atoms with Gasteiger partial charge in [0, 0.05) is 6.42 Å². The van der Waals surface area contributed by atoms with Crippen LogP contribution in [0.2, 0.25) is 0 Å². The lowest BCUT2D eigenvalue weighted by atomic mass is 9.75. The molecule has 0 heterocycles. The summed E-state index contributed by atoms with van der Waals surface area (Å²) in [6, 6.07) is 0. The number of fused-ring (bicyclic) bond motifs is 1. The molecule has 0 saturated heterocycles. The molecular weight excluding hydrogens is 208 g/mol. The second-order valence-corrected chi connectivity index (χ2v) is 6.04.